The zero-order chi connectivity index (χ0) is 15.8. The topological polar surface area (TPSA) is 34.0 Å². The van der Waals surface area contributed by atoms with E-state index in [1.54, 1.807) is 0 Å². The van der Waals surface area contributed by atoms with Crippen molar-refractivity contribution in [3.63, 3.8) is 0 Å². The zero-order valence-electron chi connectivity index (χ0n) is 13.7. The average Bonchev–Trinajstić information content (AvgIpc) is 2.91. The molecule has 0 amide bonds. The van der Waals surface area contributed by atoms with Crippen LogP contribution in [-0.2, 0) is 6.54 Å². The predicted octanol–water partition coefficient (Wildman–Crippen LogP) is 3.61. The molecule has 1 aliphatic heterocycles. The van der Waals surface area contributed by atoms with Gasteiger partial charge in [0.1, 0.15) is 5.82 Å². The molecule has 4 nitrogen and oxygen atoms in total. The standard InChI is InChI=1S/C19H22N4/c1-14(2)19-21-17-5-3-4-6-18(17)23(19)16-12-22(13-16)11-15-7-9-20-10-8-15/h3-10,14,16H,11-13H2,1-2H3. The van der Waals surface area contributed by atoms with E-state index in [0.717, 1.165) is 25.2 Å². The van der Waals surface area contributed by atoms with Crippen LogP contribution in [-0.4, -0.2) is 32.5 Å². The summed E-state index contributed by atoms with van der Waals surface area (Å²) >= 11 is 0. The molecule has 0 N–H and O–H groups in total. The summed E-state index contributed by atoms with van der Waals surface area (Å²) in [4.78, 5) is 11.4. The van der Waals surface area contributed by atoms with Crippen molar-refractivity contribution in [2.75, 3.05) is 13.1 Å². The summed E-state index contributed by atoms with van der Waals surface area (Å²) in [5.74, 6) is 1.65. The monoisotopic (exact) mass is 306 g/mol. The number of pyridine rings is 1. The first kappa shape index (κ1) is 14.4. The summed E-state index contributed by atoms with van der Waals surface area (Å²) in [6, 6.07) is 13.2. The quantitative estimate of drug-likeness (QED) is 0.738. The number of benzene rings is 1. The second-order valence-electron chi connectivity index (χ2n) is 6.69. The van der Waals surface area contributed by atoms with Crippen molar-refractivity contribution in [2.24, 2.45) is 0 Å². The zero-order valence-corrected chi connectivity index (χ0v) is 13.7. The van der Waals surface area contributed by atoms with Crippen LogP contribution in [0.15, 0.2) is 48.8 Å². The van der Waals surface area contributed by atoms with Gasteiger partial charge in [0.25, 0.3) is 0 Å². The molecular formula is C19H22N4. The summed E-state index contributed by atoms with van der Waals surface area (Å²) in [6.07, 6.45) is 3.74. The van der Waals surface area contributed by atoms with Gasteiger partial charge >= 0.3 is 0 Å². The maximum Gasteiger partial charge on any atom is 0.112 e. The molecule has 0 unspecified atom stereocenters. The SMILES string of the molecule is CC(C)c1nc2ccccc2n1C1CN(Cc2ccncc2)C1. The highest BCUT2D eigenvalue weighted by molar-refractivity contribution is 5.76. The van der Waals surface area contributed by atoms with Gasteiger partial charge in [0, 0.05) is 37.9 Å². The highest BCUT2D eigenvalue weighted by atomic mass is 15.3. The molecule has 118 valence electrons. The minimum atomic E-state index is 0.441. The van der Waals surface area contributed by atoms with Crippen molar-refractivity contribution in [3.05, 3.63) is 60.2 Å². The van der Waals surface area contributed by atoms with Crippen LogP contribution in [0.4, 0.5) is 0 Å². The molecular weight excluding hydrogens is 284 g/mol. The molecule has 1 aromatic carbocycles. The smallest absolute Gasteiger partial charge is 0.112 e. The summed E-state index contributed by atoms with van der Waals surface area (Å²) in [6.45, 7) is 7.63. The number of nitrogens with zero attached hydrogens (tertiary/aromatic N) is 4. The van der Waals surface area contributed by atoms with Gasteiger partial charge in [-0.1, -0.05) is 26.0 Å². The van der Waals surface area contributed by atoms with Crippen molar-refractivity contribution < 1.29 is 0 Å². The van der Waals surface area contributed by atoms with Gasteiger partial charge < -0.3 is 4.57 Å². The molecule has 2 aromatic heterocycles. The second kappa shape index (κ2) is 5.78. The number of aromatic nitrogens is 3. The first-order valence-corrected chi connectivity index (χ1v) is 8.30. The lowest BCUT2D eigenvalue weighted by Crippen LogP contribution is -2.47. The molecule has 23 heavy (non-hydrogen) atoms. The fourth-order valence-electron chi connectivity index (χ4n) is 3.44. The van der Waals surface area contributed by atoms with Crippen LogP contribution >= 0.6 is 0 Å². The molecule has 1 fully saturated rings. The lowest BCUT2D eigenvalue weighted by atomic mass is 10.1. The first-order chi connectivity index (χ1) is 11.2. The summed E-state index contributed by atoms with van der Waals surface area (Å²) in [5, 5.41) is 0. The predicted molar refractivity (Wildman–Crippen MR) is 92.4 cm³/mol. The van der Waals surface area contributed by atoms with E-state index in [1.165, 1.54) is 16.9 Å². The number of imidazole rings is 1. The van der Waals surface area contributed by atoms with Crippen LogP contribution in [0.5, 0.6) is 0 Å². The molecule has 0 bridgehead atoms. The van der Waals surface area contributed by atoms with Crippen LogP contribution in [0.1, 0.15) is 37.2 Å². The first-order valence-electron chi connectivity index (χ1n) is 8.30. The van der Waals surface area contributed by atoms with Crippen LogP contribution in [0.2, 0.25) is 0 Å². The number of likely N-dealkylation sites (tertiary alicyclic amines) is 1. The maximum atomic E-state index is 4.86. The average molecular weight is 306 g/mol. The van der Waals surface area contributed by atoms with E-state index in [-0.39, 0.29) is 0 Å². The van der Waals surface area contributed by atoms with E-state index in [1.807, 2.05) is 12.4 Å². The molecule has 4 heteroatoms. The Morgan fingerprint density at radius 1 is 1.09 bits per heavy atom. The van der Waals surface area contributed by atoms with Crippen LogP contribution in [0, 0.1) is 0 Å². The molecule has 1 saturated heterocycles. The molecule has 3 aromatic rings. The van der Waals surface area contributed by atoms with Crippen molar-refractivity contribution in [2.45, 2.75) is 32.4 Å². The van der Waals surface area contributed by atoms with Gasteiger partial charge in [-0.05, 0) is 29.8 Å². The third kappa shape index (κ3) is 2.63. The van der Waals surface area contributed by atoms with Crippen molar-refractivity contribution >= 4 is 11.0 Å². The summed E-state index contributed by atoms with van der Waals surface area (Å²) in [7, 11) is 0. The molecule has 1 aliphatic rings. The van der Waals surface area contributed by atoms with Crippen molar-refractivity contribution in [3.8, 4) is 0 Å². The number of fused-ring (bicyclic) bond motifs is 1. The maximum absolute atomic E-state index is 4.86. The Morgan fingerprint density at radius 3 is 2.57 bits per heavy atom. The Morgan fingerprint density at radius 2 is 1.83 bits per heavy atom. The molecule has 0 radical (unpaired) electrons. The van der Waals surface area contributed by atoms with E-state index < -0.39 is 0 Å². The van der Waals surface area contributed by atoms with Gasteiger partial charge in [0.2, 0.25) is 0 Å². The molecule has 3 heterocycles. The lowest BCUT2D eigenvalue weighted by molar-refractivity contribution is 0.0990. The van der Waals surface area contributed by atoms with E-state index >= 15 is 0 Å². The molecule has 4 rings (SSSR count). The van der Waals surface area contributed by atoms with Gasteiger partial charge in [-0.2, -0.15) is 0 Å². The normalized spacial score (nSPS) is 16.1. The molecule has 0 aliphatic carbocycles. The number of hydrogen-bond donors (Lipinski definition) is 0. The number of rotatable bonds is 4. The van der Waals surface area contributed by atoms with E-state index in [0.29, 0.717) is 12.0 Å². The Hall–Kier alpha value is -2.20. The Kier molecular flexibility index (Phi) is 3.62. The van der Waals surface area contributed by atoms with E-state index in [4.69, 9.17) is 4.98 Å². The second-order valence-corrected chi connectivity index (χ2v) is 6.69. The highest BCUT2D eigenvalue weighted by Crippen LogP contribution is 2.31. The van der Waals surface area contributed by atoms with Crippen LogP contribution in [0.25, 0.3) is 11.0 Å². The minimum absolute atomic E-state index is 0.441. The number of hydrogen-bond acceptors (Lipinski definition) is 3. The van der Waals surface area contributed by atoms with Gasteiger partial charge in [0.15, 0.2) is 0 Å². The van der Waals surface area contributed by atoms with E-state index in [2.05, 4.69) is 64.7 Å². The van der Waals surface area contributed by atoms with Gasteiger partial charge in [-0.15, -0.1) is 0 Å². The van der Waals surface area contributed by atoms with Crippen LogP contribution < -0.4 is 0 Å². The van der Waals surface area contributed by atoms with Gasteiger partial charge in [-0.25, -0.2) is 4.98 Å². The molecule has 0 saturated carbocycles. The molecule has 0 spiro atoms. The van der Waals surface area contributed by atoms with Gasteiger partial charge in [0.05, 0.1) is 17.1 Å². The summed E-state index contributed by atoms with van der Waals surface area (Å²) in [5.41, 5.74) is 3.71. The fraction of sp³-hybridized carbons (Fsp3) is 0.368. The Labute approximate surface area is 136 Å². The summed E-state index contributed by atoms with van der Waals surface area (Å²) < 4.78 is 2.46. The Balaban J connectivity index is 1.56. The lowest BCUT2D eigenvalue weighted by Gasteiger charge is -2.41. The van der Waals surface area contributed by atoms with Crippen LogP contribution in [0.3, 0.4) is 0 Å². The van der Waals surface area contributed by atoms with Crippen molar-refractivity contribution in [1.29, 1.82) is 0 Å². The third-order valence-electron chi connectivity index (χ3n) is 4.60. The third-order valence-corrected chi connectivity index (χ3v) is 4.60. The van der Waals surface area contributed by atoms with E-state index in [9.17, 15) is 0 Å². The Bertz CT molecular complexity index is 801. The largest absolute Gasteiger partial charge is 0.322 e. The minimum Gasteiger partial charge on any atom is -0.322 e. The molecule has 0 atom stereocenters. The van der Waals surface area contributed by atoms with Gasteiger partial charge in [-0.3, -0.25) is 9.88 Å². The highest BCUT2D eigenvalue weighted by Gasteiger charge is 2.31. The number of para-hydroxylation sites is 2. The van der Waals surface area contributed by atoms with Crippen molar-refractivity contribution in [1.82, 2.24) is 19.4 Å². The fourth-order valence-corrected chi connectivity index (χ4v) is 3.44.